The molecule has 2 rings (SSSR count). The lowest BCUT2D eigenvalue weighted by molar-refractivity contribution is 0.353. The normalized spacial score (nSPS) is 11.3. The van der Waals surface area contributed by atoms with Gasteiger partial charge in [0, 0.05) is 0 Å². The molecule has 0 aliphatic carbocycles. The van der Waals surface area contributed by atoms with Gasteiger partial charge in [-0.2, -0.15) is 4.98 Å². The SMILES string of the molecule is CCCCCCCCCCOSc1ncc2[nH]cnc2n1. The van der Waals surface area contributed by atoms with Crippen LogP contribution in [-0.4, -0.2) is 26.5 Å². The van der Waals surface area contributed by atoms with Gasteiger partial charge in [0.25, 0.3) is 0 Å². The molecule has 2 aromatic rings. The third kappa shape index (κ3) is 6.01. The monoisotopic (exact) mass is 308 g/mol. The van der Waals surface area contributed by atoms with Crippen molar-refractivity contribution in [2.75, 3.05) is 6.61 Å². The maximum absolute atomic E-state index is 5.54. The van der Waals surface area contributed by atoms with Crippen molar-refractivity contribution in [3.8, 4) is 0 Å². The van der Waals surface area contributed by atoms with Gasteiger partial charge in [-0.25, -0.2) is 9.97 Å². The fraction of sp³-hybridized carbons (Fsp3) is 0.667. The molecular weight excluding hydrogens is 284 g/mol. The topological polar surface area (TPSA) is 63.7 Å². The van der Waals surface area contributed by atoms with Gasteiger partial charge in [-0.05, 0) is 6.42 Å². The summed E-state index contributed by atoms with van der Waals surface area (Å²) in [6.45, 7) is 3.00. The van der Waals surface area contributed by atoms with Crippen molar-refractivity contribution in [2.24, 2.45) is 0 Å². The molecule has 0 aliphatic rings. The number of H-pyrrole nitrogens is 1. The molecule has 0 amide bonds. The molecule has 0 bridgehead atoms. The summed E-state index contributed by atoms with van der Waals surface area (Å²) in [6, 6.07) is 0. The Morgan fingerprint density at radius 1 is 1.05 bits per heavy atom. The predicted octanol–water partition coefficient (Wildman–Crippen LogP) is 4.52. The molecule has 0 aromatic carbocycles. The number of nitrogens with zero attached hydrogens (tertiary/aromatic N) is 3. The van der Waals surface area contributed by atoms with E-state index in [2.05, 4.69) is 26.9 Å². The van der Waals surface area contributed by atoms with E-state index in [9.17, 15) is 0 Å². The second kappa shape index (κ2) is 9.73. The second-order valence-electron chi connectivity index (χ2n) is 5.17. The lowest BCUT2D eigenvalue weighted by Gasteiger charge is -2.02. The van der Waals surface area contributed by atoms with Gasteiger partial charge < -0.3 is 9.17 Å². The van der Waals surface area contributed by atoms with Crippen LogP contribution in [0.1, 0.15) is 58.3 Å². The molecule has 2 heterocycles. The average molecular weight is 308 g/mol. The van der Waals surface area contributed by atoms with Crippen molar-refractivity contribution >= 4 is 23.2 Å². The zero-order valence-electron chi connectivity index (χ0n) is 12.7. The largest absolute Gasteiger partial charge is 0.342 e. The number of nitrogens with one attached hydrogen (secondary N) is 1. The number of hydrogen-bond donors (Lipinski definition) is 1. The molecule has 0 fully saturated rings. The van der Waals surface area contributed by atoms with Gasteiger partial charge >= 0.3 is 0 Å². The van der Waals surface area contributed by atoms with E-state index in [0.717, 1.165) is 18.5 Å². The first-order chi connectivity index (χ1) is 10.4. The number of fused-ring (bicyclic) bond motifs is 1. The van der Waals surface area contributed by atoms with Crippen LogP contribution in [0.3, 0.4) is 0 Å². The zero-order valence-corrected chi connectivity index (χ0v) is 13.5. The average Bonchev–Trinajstić information content (AvgIpc) is 2.97. The molecule has 0 atom stereocenters. The number of rotatable bonds is 11. The minimum atomic E-state index is 0.620. The minimum Gasteiger partial charge on any atom is -0.342 e. The highest BCUT2D eigenvalue weighted by molar-refractivity contribution is 7.94. The Labute approximate surface area is 130 Å². The smallest absolute Gasteiger partial charge is 0.217 e. The van der Waals surface area contributed by atoms with Crippen molar-refractivity contribution in [3.63, 3.8) is 0 Å². The Hall–Kier alpha value is -1.14. The summed E-state index contributed by atoms with van der Waals surface area (Å²) >= 11 is 1.24. The van der Waals surface area contributed by atoms with Gasteiger partial charge in [-0.15, -0.1) is 0 Å². The van der Waals surface area contributed by atoms with Gasteiger partial charge in [0.1, 0.15) is 5.52 Å². The van der Waals surface area contributed by atoms with Crippen LogP contribution in [0.2, 0.25) is 0 Å². The fourth-order valence-electron chi connectivity index (χ4n) is 2.15. The highest BCUT2D eigenvalue weighted by atomic mass is 32.2. The zero-order chi connectivity index (χ0) is 14.8. The standard InChI is InChI=1S/C15H24N4OS/c1-2-3-4-5-6-7-8-9-10-20-21-15-16-11-13-14(19-15)18-12-17-13/h11-12H,2-10H2,1H3,(H,16,17,18,19). The summed E-state index contributed by atoms with van der Waals surface area (Å²) in [4.78, 5) is 15.6. The molecule has 0 radical (unpaired) electrons. The molecular formula is C15H24N4OS. The predicted molar refractivity (Wildman–Crippen MR) is 86.1 cm³/mol. The van der Waals surface area contributed by atoms with Crippen molar-refractivity contribution in [1.29, 1.82) is 0 Å². The Morgan fingerprint density at radius 2 is 1.81 bits per heavy atom. The Morgan fingerprint density at radius 3 is 2.62 bits per heavy atom. The van der Waals surface area contributed by atoms with E-state index < -0.39 is 0 Å². The molecule has 0 aliphatic heterocycles. The molecule has 5 nitrogen and oxygen atoms in total. The maximum atomic E-state index is 5.54. The van der Waals surface area contributed by atoms with E-state index in [1.54, 1.807) is 12.5 Å². The summed E-state index contributed by atoms with van der Waals surface area (Å²) < 4.78 is 5.54. The van der Waals surface area contributed by atoms with Crippen LogP contribution in [0.25, 0.3) is 11.2 Å². The molecule has 6 heteroatoms. The Balaban J connectivity index is 1.49. The van der Waals surface area contributed by atoms with Crippen LogP contribution in [0, 0.1) is 0 Å². The number of hydrogen-bond acceptors (Lipinski definition) is 5. The molecule has 0 saturated heterocycles. The first-order valence-electron chi connectivity index (χ1n) is 7.85. The van der Waals surface area contributed by atoms with E-state index in [4.69, 9.17) is 4.18 Å². The van der Waals surface area contributed by atoms with Gasteiger partial charge in [0.2, 0.25) is 5.16 Å². The van der Waals surface area contributed by atoms with E-state index in [0.29, 0.717) is 10.8 Å². The highest BCUT2D eigenvalue weighted by Gasteiger charge is 2.03. The number of aromatic nitrogens is 4. The minimum absolute atomic E-state index is 0.620. The van der Waals surface area contributed by atoms with Crippen molar-refractivity contribution in [2.45, 2.75) is 63.4 Å². The highest BCUT2D eigenvalue weighted by Crippen LogP contribution is 2.17. The van der Waals surface area contributed by atoms with Gasteiger partial charge in [0.05, 0.1) is 31.2 Å². The summed E-state index contributed by atoms with van der Waals surface area (Å²) in [5.41, 5.74) is 1.53. The quantitative estimate of drug-likeness (QED) is 0.376. The van der Waals surface area contributed by atoms with E-state index in [-0.39, 0.29) is 0 Å². The van der Waals surface area contributed by atoms with Crippen LogP contribution in [0.4, 0.5) is 0 Å². The summed E-state index contributed by atoms with van der Waals surface area (Å²) in [6.07, 6.45) is 13.8. The molecule has 116 valence electrons. The second-order valence-corrected chi connectivity index (χ2v) is 5.94. The number of imidazole rings is 1. The van der Waals surface area contributed by atoms with Crippen molar-refractivity contribution < 1.29 is 4.18 Å². The van der Waals surface area contributed by atoms with Crippen LogP contribution >= 0.6 is 12.0 Å². The van der Waals surface area contributed by atoms with Crippen LogP contribution < -0.4 is 0 Å². The summed E-state index contributed by atoms with van der Waals surface area (Å²) in [5, 5.41) is 0.620. The van der Waals surface area contributed by atoms with Gasteiger partial charge in [-0.1, -0.05) is 51.9 Å². The Bertz CT molecular complexity index is 517. The summed E-state index contributed by atoms with van der Waals surface area (Å²) in [5.74, 6) is 0. The lowest BCUT2D eigenvalue weighted by atomic mass is 10.1. The number of aromatic amines is 1. The molecule has 0 saturated carbocycles. The van der Waals surface area contributed by atoms with Crippen LogP contribution in [0.5, 0.6) is 0 Å². The van der Waals surface area contributed by atoms with E-state index >= 15 is 0 Å². The third-order valence-corrected chi connectivity index (χ3v) is 4.00. The fourth-order valence-corrected chi connectivity index (χ4v) is 2.68. The van der Waals surface area contributed by atoms with Crippen LogP contribution in [-0.2, 0) is 4.18 Å². The third-order valence-electron chi connectivity index (χ3n) is 3.37. The van der Waals surface area contributed by atoms with Crippen molar-refractivity contribution in [1.82, 2.24) is 19.9 Å². The van der Waals surface area contributed by atoms with E-state index in [1.165, 1.54) is 57.0 Å². The maximum Gasteiger partial charge on any atom is 0.217 e. The molecule has 0 spiro atoms. The Kier molecular flexibility index (Phi) is 7.53. The molecule has 0 unspecified atom stereocenters. The summed E-state index contributed by atoms with van der Waals surface area (Å²) in [7, 11) is 0. The lowest BCUT2D eigenvalue weighted by Crippen LogP contribution is -1.91. The number of unbranched alkanes of at least 4 members (excludes halogenated alkanes) is 7. The molecule has 21 heavy (non-hydrogen) atoms. The van der Waals surface area contributed by atoms with Gasteiger partial charge in [-0.3, -0.25) is 0 Å². The van der Waals surface area contributed by atoms with Crippen LogP contribution in [0.15, 0.2) is 17.7 Å². The molecule has 2 aromatic heterocycles. The first kappa shape index (κ1) is 16.2. The van der Waals surface area contributed by atoms with Gasteiger partial charge in [0.15, 0.2) is 5.65 Å². The first-order valence-corrected chi connectivity index (χ1v) is 8.60. The van der Waals surface area contributed by atoms with E-state index in [1.807, 2.05) is 0 Å². The molecule has 1 N–H and O–H groups in total. The van der Waals surface area contributed by atoms with Crippen molar-refractivity contribution in [3.05, 3.63) is 12.5 Å².